The topological polar surface area (TPSA) is 119 Å². The zero-order chi connectivity index (χ0) is 31.3. The van der Waals surface area contributed by atoms with Gasteiger partial charge in [-0.2, -0.15) is 13.2 Å². The molecule has 2 aliphatic heterocycles. The van der Waals surface area contributed by atoms with Gasteiger partial charge in [-0.3, -0.25) is 4.79 Å². The maximum atomic E-state index is 14.2. The SMILES string of the molecule is O=C(O)CC1COc2cc(O[C@@H]3CCc4c3ccc(C(F)(F)F)c4-c3ccc(OCC4(O)CCS(=O)(=O)CC4)cc3)ccc21. The molecule has 44 heavy (non-hydrogen) atoms. The van der Waals surface area contributed by atoms with Crippen LogP contribution in [0.5, 0.6) is 17.2 Å². The maximum absolute atomic E-state index is 14.2. The van der Waals surface area contributed by atoms with Crippen molar-refractivity contribution in [3.8, 4) is 28.4 Å². The number of carbonyl (C=O) groups is 1. The Labute approximate surface area is 252 Å². The van der Waals surface area contributed by atoms with Crippen molar-refractivity contribution in [1.82, 2.24) is 0 Å². The van der Waals surface area contributed by atoms with Crippen LogP contribution in [0.15, 0.2) is 54.6 Å². The number of carboxylic acid groups (broad SMARTS) is 1. The predicted molar refractivity (Wildman–Crippen MR) is 154 cm³/mol. The molecule has 6 rings (SSSR count). The molecule has 12 heteroatoms. The predicted octanol–water partition coefficient (Wildman–Crippen LogP) is 5.71. The van der Waals surface area contributed by atoms with Gasteiger partial charge in [0, 0.05) is 17.5 Å². The minimum atomic E-state index is -4.59. The van der Waals surface area contributed by atoms with Crippen LogP contribution in [0.2, 0.25) is 0 Å². The summed E-state index contributed by atoms with van der Waals surface area (Å²) >= 11 is 0. The van der Waals surface area contributed by atoms with Crippen LogP contribution in [0.25, 0.3) is 11.1 Å². The Morgan fingerprint density at radius 1 is 1.00 bits per heavy atom. The van der Waals surface area contributed by atoms with Gasteiger partial charge >= 0.3 is 12.1 Å². The second kappa shape index (κ2) is 11.3. The van der Waals surface area contributed by atoms with Gasteiger partial charge in [-0.1, -0.05) is 24.3 Å². The molecule has 3 aromatic rings. The summed E-state index contributed by atoms with van der Waals surface area (Å²) in [5.74, 6) is -0.0295. The van der Waals surface area contributed by atoms with E-state index in [2.05, 4.69) is 0 Å². The van der Waals surface area contributed by atoms with Crippen LogP contribution in [0.4, 0.5) is 13.2 Å². The van der Waals surface area contributed by atoms with Gasteiger partial charge in [0.15, 0.2) is 9.84 Å². The molecule has 0 saturated carbocycles. The van der Waals surface area contributed by atoms with Crippen LogP contribution in [0.3, 0.4) is 0 Å². The number of halogens is 3. The third-order valence-corrected chi connectivity index (χ3v) is 10.3. The van der Waals surface area contributed by atoms with Crippen molar-refractivity contribution in [1.29, 1.82) is 0 Å². The average molecular weight is 633 g/mol. The Balaban J connectivity index is 1.22. The van der Waals surface area contributed by atoms with Gasteiger partial charge in [0.2, 0.25) is 0 Å². The number of aliphatic carboxylic acids is 1. The van der Waals surface area contributed by atoms with E-state index in [1.54, 1.807) is 42.5 Å². The van der Waals surface area contributed by atoms with Crippen LogP contribution in [0, 0.1) is 0 Å². The van der Waals surface area contributed by atoms with Crippen LogP contribution in [-0.2, 0) is 27.2 Å². The fourth-order valence-electron chi connectivity index (χ4n) is 6.23. The highest BCUT2D eigenvalue weighted by Gasteiger charge is 2.39. The van der Waals surface area contributed by atoms with Crippen molar-refractivity contribution in [2.24, 2.45) is 0 Å². The van der Waals surface area contributed by atoms with E-state index in [4.69, 9.17) is 19.3 Å². The fraction of sp³-hybridized carbons (Fsp3) is 0.406. The van der Waals surface area contributed by atoms with Gasteiger partial charge in [-0.05, 0) is 72.2 Å². The molecule has 3 aromatic carbocycles. The first kappa shape index (κ1) is 30.3. The summed E-state index contributed by atoms with van der Waals surface area (Å²) in [5.41, 5.74) is 0.407. The third kappa shape index (κ3) is 6.23. The Hall–Kier alpha value is -3.77. The molecule has 2 atom stereocenters. The number of benzene rings is 3. The molecule has 2 N–H and O–H groups in total. The van der Waals surface area contributed by atoms with Gasteiger partial charge in [0.25, 0.3) is 0 Å². The van der Waals surface area contributed by atoms with Gasteiger partial charge in [-0.25, -0.2) is 8.42 Å². The molecule has 0 amide bonds. The minimum Gasteiger partial charge on any atom is -0.492 e. The first-order valence-corrected chi connectivity index (χ1v) is 16.2. The van der Waals surface area contributed by atoms with Crippen molar-refractivity contribution < 1.29 is 50.8 Å². The van der Waals surface area contributed by atoms with E-state index in [9.17, 15) is 31.5 Å². The summed E-state index contributed by atoms with van der Waals surface area (Å²) in [4.78, 5) is 11.1. The van der Waals surface area contributed by atoms with Crippen LogP contribution in [0.1, 0.15) is 60.0 Å². The lowest BCUT2D eigenvalue weighted by Gasteiger charge is -2.31. The number of aliphatic hydroxyl groups is 1. The lowest BCUT2D eigenvalue weighted by atomic mass is 9.91. The van der Waals surface area contributed by atoms with E-state index in [1.165, 1.54) is 6.07 Å². The van der Waals surface area contributed by atoms with Crippen molar-refractivity contribution in [3.63, 3.8) is 0 Å². The van der Waals surface area contributed by atoms with Crippen LogP contribution < -0.4 is 14.2 Å². The van der Waals surface area contributed by atoms with E-state index in [1.807, 2.05) is 0 Å². The molecule has 8 nitrogen and oxygen atoms in total. The lowest BCUT2D eigenvalue weighted by molar-refractivity contribution is -0.138. The highest BCUT2D eigenvalue weighted by molar-refractivity contribution is 7.91. The number of hydrogen-bond donors (Lipinski definition) is 2. The molecule has 0 bridgehead atoms. The lowest BCUT2D eigenvalue weighted by Crippen LogP contribution is -2.43. The molecule has 3 aliphatic rings. The fourth-order valence-corrected chi connectivity index (χ4v) is 7.81. The zero-order valence-corrected chi connectivity index (χ0v) is 24.4. The molecule has 0 radical (unpaired) electrons. The number of alkyl halides is 3. The summed E-state index contributed by atoms with van der Waals surface area (Å²) in [5, 5.41) is 19.8. The zero-order valence-electron chi connectivity index (χ0n) is 23.6. The minimum absolute atomic E-state index is 0.0464. The highest BCUT2D eigenvalue weighted by Crippen LogP contribution is 2.47. The second-order valence-corrected chi connectivity index (χ2v) is 14.0. The third-order valence-electron chi connectivity index (χ3n) is 8.63. The Bertz CT molecular complexity index is 1670. The van der Waals surface area contributed by atoms with E-state index in [-0.39, 0.29) is 55.5 Å². The highest BCUT2D eigenvalue weighted by atomic mass is 32.2. The second-order valence-electron chi connectivity index (χ2n) is 11.7. The first-order chi connectivity index (χ1) is 20.8. The van der Waals surface area contributed by atoms with Crippen molar-refractivity contribution in [2.45, 2.75) is 55.9 Å². The molecule has 0 spiro atoms. The monoisotopic (exact) mass is 632 g/mol. The smallest absolute Gasteiger partial charge is 0.417 e. The summed E-state index contributed by atoms with van der Waals surface area (Å²) < 4.78 is 83.6. The maximum Gasteiger partial charge on any atom is 0.417 e. The molecule has 2 heterocycles. The molecule has 234 valence electrons. The molecule has 1 aliphatic carbocycles. The molecular formula is C32H31F3O8S. The van der Waals surface area contributed by atoms with Crippen molar-refractivity contribution >= 4 is 15.8 Å². The van der Waals surface area contributed by atoms with Crippen molar-refractivity contribution in [3.05, 3.63) is 76.9 Å². The van der Waals surface area contributed by atoms with Crippen LogP contribution >= 0.6 is 0 Å². The molecule has 1 saturated heterocycles. The number of ether oxygens (including phenoxy) is 3. The normalized spacial score (nSPS) is 21.6. The summed E-state index contributed by atoms with van der Waals surface area (Å²) in [6, 6.07) is 13.9. The van der Waals surface area contributed by atoms with Gasteiger partial charge in [0.05, 0.1) is 30.1 Å². The van der Waals surface area contributed by atoms with E-state index in [0.29, 0.717) is 46.8 Å². The summed E-state index contributed by atoms with van der Waals surface area (Å²) in [6.07, 6.45) is -4.16. The molecular weight excluding hydrogens is 601 g/mol. The summed E-state index contributed by atoms with van der Waals surface area (Å²) in [6.45, 7) is 0.138. The first-order valence-electron chi connectivity index (χ1n) is 14.3. The Morgan fingerprint density at radius 3 is 2.36 bits per heavy atom. The molecule has 1 unspecified atom stereocenters. The van der Waals surface area contributed by atoms with E-state index in [0.717, 1.165) is 11.6 Å². The molecule has 0 aromatic heterocycles. The van der Waals surface area contributed by atoms with Crippen molar-refractivity contribution in [2.75, 3.05) is 24.7 Å². The van der Waals surface area contributed by atoms with E-state index < -0.39 is 39.3 Å². The number of carboxylic acids is 1. The number of sulfone groups is 1. The average Bonchev–Trinajstić information content (AvgIpc) is 3.56. The van der Waals surface area contributed by atoms with Gasteiger partial charge in [-0.15, -0.1) is 0 Å². The standard InChI is InChI=1S/C32H31F3O8S/c33-32(34,35)26-9-7-24-25(8-10-27(24)43-22-5-6-23-20(15-29(36)37)17-41-28(23)16-22)30(26)19-1-3-21(4-2-19)42-18-31(38)11-13-44(39,40)14-12-31/h1-7,9,16,20,27,38H,8,10-15,17-18H2,(H,36,37)/t20?,27-/m1/s1. The Kier molecular flexibility index (Phi) is 7.77. The number of rotatable bonds is 8. The largest absolute Gasteiger partial charge is 0.492 e. The molecule has 1 fully saturated rings. The van der Waals surface area contributed by atoms with Crippen LogP contribution in [-0.4, -0.2) is 54.9 Å². The van der Waals surface area contributed by atoms with Gasteiger partial charge in [0.1, 0.15) is 35.6 Å². The number of hydrogen-bond acceptors (Lipinski definition) is 7. The Morgan fingerprint density at radius 2 is 1.68 bits per heavy atom. The van der Waals surface area contributed by atoms with Gasteiger partial charge < -0.3 is 24.4 Å². The quantitative estimate of drug-likeness (QED) is 0.324. The summed E-state index contributed by atoms with van der Waals surface area (Å²) in [7, 11) is -3.16. The van der Waals surface area contributed by atoms with E-state index >= 15 is 0 Å². The number of fused-ring (bicyclic) bond motifs is 2.